The van der Waals surface area contributed by atoms with Gasteiger partial charge in [-0.15, -0.1) is 11.3 Å². The van der Waals surface area contributed by atoms with Crippen molar-refractivity contribution < 1.29 is 4.79 Å². The molecule has 1 aliphatic rings. The minimum absolute atomic E-state index is 0.00259. The van der Waals surface area contributed by atoms with E-state index in [0.717, 1.165) is 37.2 Å². The average molecular weight is 400 g/mol. The van der Waals surface area contributed by atoms with Crippen LogP contribution in [0.2, 0.25) is 4.34 Å². The van der Waals surface area contributed by atoms with Gasteiger partial charge in [-0.05, 0) is 35.8 Å². The van der Waals surface area contributed by atoms with Gasteiger partial charge in [0.2, 0.25) is 5.91 Å². The Morgan fingerprint density at radius 2 is 2.15 bits per heavy atom. The minimum Gasteiger partial charge on any atom is -0.391 e. The van der Waals surface area contributed by atoms with Crippen LogP contribution in [-0.2, 0) is 11.3 Å². The van der Waals surface area contributed by atoms with Gasteiger partial charge in [-0.25, -0.2) is 0 Å². The zero-order chi connectivity index (χ0) is 19.6. The van der Waals surface area contributed by atoms with Crippen molar-refractivity contribution in [2.24, 2.45) is 0 Å². The highest BCUT2D eigenvalue weighted by atomic mass is 35.5. The Balaban J connectivity index is 2.17. The first-order valence-corrected chi connectivity index (χ1v) is 9.87. The van der Waals surface area contributed by atoms with Crippen LogP contribution in [0.25, 0.3) is 5.57 Å². The summed E-state index contributed by atoms with van der Waals surface area (Å²) in [5.41, 5.74) is 5.00. The van der Waals surface area contributed by atoms with Gasteiger partial charge in [0.25, 0.3) is 0 Å². The molecular formula is C21H22ClN3OS. The number of nitrogens with one attached hydrogen (secondary N) is 2. The number of thiophene rings is 1. The first kappa shape index (κ1) is 19.4. The van der Waals surface area contributed by atoms with Crippen LogP contribution in [0.1, 0.15) is 34.4 Å². The molecule has 2 N–H and O–H groups in total. The second kappa shape index (κ2) is 8.11. The SMILES string of the molecule is C=CC(=O)N1Cc2sc(Cl)cc2[C@H](c2ccccc2/C(C=N)=C(\C)NC)C1. The van der Waals surface area contributed by atoms with E-state index in [1.54, 1.807) is 0 Å². The second-order valence-electron chi connectivity index (χ2n) is 6.42. The van der Waals surface area contributed by atoms with E-state index in [1.807, 2.05) is 43.1 Å². The average Bonchev–Trinajstić information content (AvgIpc) is 3.07. The molecule has 1 atom stereocenters. The number of allylic oxidation sites excluding steroid dienone is 2. The van der Waals surface area contributed by atoms with E-state index in [2.05, 4.69) is 18.0 Å². The third-order valence-corrected chi connectivity index (χ3v) is 6.23. The van der Waals surface area contributed by atoms with Crippen LogP contribution in [0, 0.1) is 5.41 Å². The van der Waals surface area contributed by atoms with E-state index in [9.17, 15) is 4.79 Å². The molecule has 0 saturated heterocycles. The lowest BCUT2D eigenvalue weighted by molar-refractivity contribution is -0.127. The molecule has 6 heteroatoms. The quantitative estimate of drug-likeness (QED) is 0.567. The number of rotatable bonds is 5. The highest BCUT2D eigenvalue weighted by molar-refractivity contribution is 7.16. The summed E-state index contributed by atoms with van der Waals surface area (Å²) in [5.74, 6) is -0.0842. The van der Waals surface area contributed by atoms with E-state index in [1.165, 1.54) is 23.6 Å². The molecule has 27 heavy (non-hydrogen) atoms. The molecule has 140 valence electrons. The lowest BCUT2D eigenvalue weighted by Gasteiger charge is -2.33. The Hall–Kier alpha value is -2.37. The fourth-order valence-corrected chi connectivity index (χ4v) is 4.87. The number of amides is 1. The summed E-state index contributed by atoms with van der Waals surface area (Å²) in [4.78, 5) is 15.2. The topological polar surface area (TPSA) is 56.2 Å². The third kappa shape index (κ3) is 3.70. The maximum absolute atomic E-state index is 12.3. The van der Waals surface area contributed by atoms with Crippen LogP contribution in [0.5, 0.6) is 0 Å². The Kier molecular flexibility index (Phi) is 5.82. The number of halogens is 1. The Labute approximate surface area is 168 Å². The van der Waals surface area contributed by atoms with Crippen molar-refractivity contribution in [2.45, 2.75) is 19.4 Å². The summed E-state index contributed by atoms with van der Waals surface area (Å²) < 4.78 is 0.726. The van der Waals surface area contributed by atoms with Crippen molar-refractivity contribution >= 4 is 40.6 Å². The monoisotopic (exact) mass is 399 g/mol. The molecule has 2 heterocycles. The lowest BCUT2D eigenvalue weighted by atomic mass is 9.83. The molecule has 1 aliphatic heterocycles. The van der Waals surface area contributed by atoms with Gasteiger partial charge in [0.05, 0.1) is 10.9 Å². The molecule has 0 unspecified atom stereocenters. The van der Waals surface area contributed by atoms with Crippen LogP contribution >= 0.6 is 22.9 Å². The molecule has 0 fully saturated rings. The molecule has 0 aliphatic carbocycles. The largest absolute Gasteiger partial charge is 0.391 e. The van der Waals surface area contributed by atoms with Crippen LogP contribution < -0.4 is 5.32 Å². The van der Waals surface area contributed by atoms with E-state index in [0.29, 0.717) is 13.1 Å². The van der Waals surface area contributed by atoms with Crippen molar-refractivity contribution in [2.75, 3.05) is 13.6 Å². The van der Waals surface area contributed by atoms with Gasteiger partial charge >= 0.3 is 0 Å². The molecule has 4 nitrogen and oxygen atoms in total. The van der Waals surface area contributed by atoms with Gasteiger partial charge in [0, 0.05) is 41.9 Å². The van der Waals surface area contributed by atoms with E-state index >= 15 is 0 Å². The highest BCUT2D eigenvalue weighted by Crippen LogP contribution is 2.42. The zero-order valence-corrected chi connectivity index (χ0v) is 17.0. The molecule has 1 aromatic heterocycles. The molecule has 3 rings (SSSR count). The predicted octanol–water partition coefficient (Wildman–Crippen LogP) is 4.66. The van der Waals surface area contributed by atoms with Gasteiger partial charge < -0.3 is 15.6 Å². The summed E-state index contributed by atoms with van der Waals surface area (Å²) in [5, 5.41) is 11.0. The number of nitrogens with zero attached hydrogens (tertiary/aromatic N) is 1. The van der Waals surface area contributed by atoms with Crippen LogP contribution in [-0.4, -0.2) is 30.6 Å². The number of carbonyl (C=O) groups excluding carboxylic acids is 1. The fraction of sp³-hybridized carbons (Fsp3) is 0.238. The van der Waals surface area contributed by atoms with Gasteiger partial charge in [-0.3, -0.25) is 4.79 Å². The first-order valence-electron chi connectivity index (χ1n) is 8.68. The maximum atomic E-state index is 12.3. The van der Waals surface area contributed by atoms with Gasteiger partial charge in [-0.1, -0.05) is 42.4 Å². The summed E-state index contributed by atoms with van der Waals surface area (Å²) in [7, 11) is 1.85. The fourth-order valence-electron chi connectivity index (χ4n) is 3.52. The van der Waals surface area contributed by atoms with Crippen molar-refractivity contribution in [3.05, 3.63) is 74.6 Å². The summed E-state index contributed by atoms with van der Waals surface area (Å²) in [6.45, 7) is 6.70. The predicted molar refractivity (Wildman–Crippen MR) is 114 cm³/mol. The molecule has 2 aromatic rings. The van der Waals surface area contributed by atoms with Gasteiger partial charge in [0.15, 0.2) is 0 Å². The molecule has 0 spiro atoms. The van der Waals surface area contributed by atoms with Crippen LogP contribution in [0.3, 0.4) is 0 Å². The Morgan fingerprint density at radius 1 is 1.41 bits per heavy atom. The number of fused-ring (bicyclic) bond motifs is 1. The molecular weight excluding hydrogens is 378 g/mol. The molecule has 1 amide bonds. The molecule has 0 saturated carbocycles. The van der Waals surface area contributed by atoms with E-state index < -0.39 is 0 Å². The highest BCUT2D eigenvalue weighted by Gasteiger charge is 2.31. The standard InChI is InChI=1S/C21H22ClN3OS/c1-4-21(26)25-11-18(16-9-20(22)27-19(16)12-25)15-8-6-5-7-14(15)17(10-23)13(2)24-3/h4-10,18,23-24H,1,11-12H2,2-3H3/b17-13+,23-10?/t18-/m0/s1. The van der Waals surface area contributed by atoms with Crippen molar-refractivity contribution in [3.8, 4) is 0 Å². The van der Waals surface area contributed by atoms with Crippen molar-refractivity contribution in [1.82, 2.24) is 10.2 Å². The number of benzene rings is 1. The summed E-state index contributed by atoms with van der Waals surface area (Å²) in [6, 6.07) is 10.1. The Morgan fingerprint density at radius 3 is 2.81 bits per heavy atom. The number of hydrogen-bond donors (Lipinski definition) is 2. The van der Waals surface area contributed by atoms with Gasteiger partial charge in [-0.2, -0.15) is 0 Å². The Bertz CT molecular complexity index is 931. The van der Waals surface area contributed by atoms with Crippen molar-refractivity contribution in [1.29, 1.82) is 5.41 Å². The first-order chi connectivity index (χ1) is 13.0. The lowest BCUT2D eigenvalue weighted by Crippen LogP contribution is -2.37. The maximum Gasteiger partial charge on any atom is 0.246 e. The summed E-state index contributed by atoms with van der Waals surface area (Å²) in [6.07, 6.45) is 2.74. The number of carbonyl (C=O) groups is 1. The normalized spacial score (nSPS) is 17.0. The smallest absolute Gasteiger partial charge is 0.246 e. The van der Waals surface area contributed by atoms with Crippen LogP contribution in [0.15, 0.2) is 48.7 Å². The van der Waals surface area contributed by atoms with Crippen molar-refractivity contribution in [3.63, 3.8) is 0 Å². The van der Waals surface area contributed by atoms with Crippen LogP contribution in [0.4, 0.5) is 0 Å². The van der Waals surface area contributed by atoms with E-state index in [4.69, 9.17) is 17.0 Å². The summed E-state index contributed by atoms with van der Waals surface area (Å²) >= 11 is 7.83. The third-order valence-electron chi connectivity index (χ3n) is 4.96. The number of hydrogen-bond acceptors (Lipinski definition) is 4. The second-order valence-corrected chi connectivity index (χ2v) is 8.19. The molecule has 1 aromatic carbocycles. The molecule has 0 bridgehead atoms. The molecule has 0 radical (unpaired) electrons. The van der Waals surface area contributed by atoms with Gasteiger partial charge in [0.1, 0.15) is 0 Å². The van der Waals surface area contributed by atoms with E-state index in [-0.39, 0.29) is 11.8 Å². The minimum atomic E-state index is -0.0816. The zero-order valence-electron chi connectivity index (χ0n) is 15.4.